The first-order chi connectivity index (χ1) is 16.2. The highest BCUT2D eigenvalue weighted by molar-refractivity contribution is 5.88. The average Bonchev–Trinajstić information content (AvgIpc) is 2.76. The van der Waals surface area contributed by atoms with Gasteiger partial charge in [0.1, 0.15) is 0 Å². The SMILES string of the molecule is CC(=O)OC(=O)[C@]12CC[C@@H](C)C[C@H]1C1=CC[C@@H]3[C@@]4(C)CC[C@H](O)C(C)(C)[C@@H]4CC[C@@]3(C)[C@]1(C)CC2. The fourth-order valence-corrected chi connectivity index (χ4v) is 10.7. The molecule has 0 spiro atoms. The van der Waals surface area contributed by atoms with Gasteiger partial charge in [-0.2, -0.15) is 0 Å². The van der Waals surface area contributed by atoms with Crippen LogP contribution in [0.25, 0.3) is 0 Å². The Bertz CT molecular complexity index is 950. The van der Waals surface area contributed by atoms with Crippen LogP contribution in [-0.2, 0) is 14.3 Å². The van der Waals surface area contributed by atoms with E-state index in [2.05, 4.69) is 47.6 Å². The Labute approximate surface area is 212 Å². The van der Waals surface area contributed by atoms with Crippen LogP contribution in [0.4, 0.5) is 0 Å². The predicted octanol–water partition coefficient (Wildman–Crippen LogP) is 6.85. The van der Waals surface area contributed by atoms with Crippen molar-refractivity contribution in [2.75, 3.05) is 0 Å². The number of carbonyl (C=O) groups is 2. The van der Waals surface area contributed by atoms with Gasteiger partial charge < -0.3 is 9.84 Å². The van der Waals surface area contributed by atoms with E-state index in [4.69, 9.17) is 4.74 Å². The van der Waals surface area contributed by atoms with Crippen LogP contribution in [0.1, 0.15) is 113 Å². The number of aliphatic hydroxyl groups is 1. The van der Waals surface area contributed by atoms with Gasteiger partial charge >= 0.3 is 11.9 Å². The fourth-order valence-electron chi connectivity index (χ4n) is 10.7. The molecule has 0 radical (unpaired) electrons. The number of allylic oxidation sites excluding steroid dienone is 2. The lowest BCUT2D eigenvalue weighted by Crippen LogP contribution is -2.65. The lowest BCUT2D eigenvalue weighted by Gasteiger charge is -2.71. The second-order valence-corrected chi connectivity index (χ2v) is 14.6. The zero-order valence-corrected chi connectivity index (χ0v) is 23.2. The van der Waals surface area contributed by atoms with E-state index in [1.807, 2.05) is 0 Å². The van der Waals surface area contributed by atoms with Gasteiger partial charge in [0.2, 0.25) is 0 Å². The highest BCUT2D eigenvalue weighted by Crippen LogP contribution is 2.75. The lowest BCUT2D eigenvalue weighted by molar-refractivity contribution is -0.205. The van der Waals surface area contributed by atoms with Gasteiger partial charge in [0, 0.05) is 6.92 Å². The normalized spacial score (nSPS) is 50.5. The standard InChI is InChI=1S/C31H48O4/c1-19-10-15-31(26(34)35-20(2)32)17-16-29(6)21(22(31)18-19)8-9-24-28(5)13-12-25(33)27(3,4)23(28)11-14-30(24,29)7/h8,19,22-25,33H,9-18H2,1-7H3/t19-,22+,23+,24-,25+,28+,29-,30-,31+/m1/s1. The minimum Gasteiger partial charge on any atom is -0.393 e. The van der Waals surface area contributed by atoms with E-state index in [-0.39, 0.29) is 39.7 Å². The molecule has 0 aromatic carbocycles. The summed E-state index contributed by atoms with van der Waals surface area (Å²) in [4.78, 5) is 25.2. The molecule has 5 aliphatic rings. The summed E-state index contributed by atoms with van der Waals surface area (Å²) in [6, 6.07) is 0. The van der Waals surface area contributed by atoms with Crippen LogP contribution < -0.4 is 0 Å². The molecule has 4 saturated carbocycles. The molecule has 196 valence electrons. The summed E-state index contributed by atoms with van der Waals surface area (Å²) in [5.41, 5.74) is 1.39. The number of carbonyl (C=O) groups excluding carboxylic acids is 2. The summed E-state index contributed by atoms with van der Waals surface area (Å²) in [7, 11) is 0. The van der Waals surface area contributed by atoms with E-state index >= 15 is 0 Å². The van der Waals surface area contributed by atoms with Crippen LogP contribution in [0, 0.1) is 50.7 Å². The van der Waals surface area contributed by atoms with Crippen molar-refractivity contribution in [1.29, 1.82) is 0 Å². The van der Waals surface area contributed by atoms with Crippen molar-refractivity contribution in [3.63, 3.8) is 0 Å². The van der Waals surface area contributed by atoms with E-state index in [0.717, 1.165) is 51.4 Å². The molecule has 0 saturated heterocycles. The van der Waals surface area contributed by atoms with Crippen LogP contribution in [0.2, 0.25) is 0 Å². The molecule has 0 bridgehead atoms. The molecule has 5 rings (SSSR count). The highest BCUT2D eigenvalue weighted by Gasteiger charge is 2.69. The number of hydrogen-bond donors (Lipinski definition) is 1. The van der Waals surface area contributed by atoms with Crippen LogP contribution in [0.5, 0.6) is 0 Å². The van der Waals surface area contributed by atoms with E-state index in [1.165, 1.54) is 25.3 Å². The minimum absolute atomic E-state index is 0.0454. The summed E-state index contributed by atoms with van der Waals surface area (Å²) in [6.45, 7) is 15.9. The molecular formula is C31H48O4. The van der Waals surface area contributed by atoms with Crippen molar-refractivity contribution in [2.45, 2.75) is 119 Å². The first-order valence-corrected chi connectivity index (χ1v) is 14.3. The second kappa shape index (κ2) is 7.92. The Morgan fingerprint density at radius 2 is 1.66 bits per heavy atom. The quantitative estimate of drug-likeness (QED) is 0.251. The van der Waals surface area contributed by atoms with Gasteiger partial charge in [0.05, 0.1) is 11.5 Å². The first-order valence-electron chi connectivity index (χ1n) is 14.3. The summed E-state index contributed by atoms with van der Waals surface area (Å²) < 4.78 is 5.32. The molecule has 1 N–H and O–H groups in total. The van der Waals surface area contributed by atoms with Crippen molar-refractivity contribution in [3.8, 4) is 0 Å². The van der Waals surface area contributed by atoms with Crippen molar-refractivity contribution in [1.82, 2.24) is 0 Å². The molecule has 9 atom stereocenters. The topological polar surface area (TPSA) is 63.6 Å². The molecule has 0 aromatic rings. The Morgan fingerprint density at radius 1 is 0.943 bits per heavy atom. The van der Waals surface area contributed by atoms with Gasteiger partial charge in [-0.05, 0) is 110 Å². The zero-order valence-electron chi connectivity index (χ0n) is 23.2. The Kier molecular flexibility index (Phi) is 5.77. The maximum Gasteiger partial charge on any atom is 0.320 e. The third-order valence-corrected chi connectivity index (χ3v) is 13.0. The van der Waals surface area contributed by atoms with Crippen molar-refractivity contribution in [2.24, 2.45) is 50.7 Å². The number of hydrogen-bond acceptors (Lipinski definition) is 4. The smallest absolute Gasteiger partial charge is 0.320 e. The zero-order chi connectivity index (χ0) is 25.6. The number of ether oxygens (including phenoxy) is 1. The third kappa shape index (κ3) is 3.26. The predicted molar refractivity (Wildman–Crippen MR) is 137 cm³/mol. The molecule has 0 aliphatic heterocycles. The van der Waals surface area contributed by atoms with Crippen molar-refractivity contribution < 1.29 is 19.4 Å². The highest BCUT2D eigenvalue weighted by atomic mass is 16.6. The third-order valence-electron chi connectivity index (χ3n) is 13.0. The average molecular weight is 485 g/mol. The van der Waals surface area contributed by atoms with E-state index in [1.54, 1.807) is 0 Å². The molecule has 0 heterocycles. The van der Waals surface area contributed by atoms with E-state index in [0.29, 0.717) is 17.8 Å². The second-order valence-electron chi connectivity index (χ2n) is 14.6. The number of esters is 2. The monoisotopic (exact) mass is 484 g/mol. The summed E-state index contributed by atoms with van der Waals surface area (Å²) in [5.74, 6) is 1.15. The maximum atomic E-state index is 13.5. The van der Waals surface area contributed by atoms with Crippen LogP contribution in [0.3, 0.4) is 0 Å². The largest absolute Gasteiger partial charge is 0.393 e. The van der Waals surface area contributed by atoms with Gasteiger partial charge in [-0.15, -0.1) is 0 Å². The molecule has 4 nitrogen and oxygen atoms in total. The maximum absolute atomic E-state index is 13.5. The molecular weight excluding hydrogens is 436 g/mol. The molecule has 4 heteroatoms. The summed E-state index contributed by atoms with van der Waals surface area (Å²) in [5, 5.41) is 10.9. The Morgan fingerprint density at radius 3 is 2.34 bits per heavy atom. The van der Waals surface area contributed by atoms with Gasteiger partial charge in [0.15, 0.2) is 0 Å². The van der Waals surface area contributed by atoms with Crippen molar-refractivity contribution >= 4 is 11.9 Å². The van der Waals surface area contributed by atoms with Crippen molar-refractivity contribution in [3.05, 3.63) is 11.6 Å². The number of aliphatic hydroxyl groups excluding tert-OH is 1. The van der Waals surface area contributed by atoms with Gasteiger partial charge in [-0.25, -0.2) is 0 Å². The van der Waals surface area contributed by atoms with Crippen LogP contribution in [-0.4, -0.2) is 23.1 Å². The summed E-state index contributed by atoms with van der Waals surface area (Å²) in [6.07, 6.45) is 12.5. The Hall–Kier alpha value is -1.16. The van der Waals surface area contributed by atoms with Crippen LogP contribution in [0.15, 0.2) is 11.6 Å². The molecule has 35 heavy (non-hydrogen) atoms. The summed E-state index contributed by atoms with van der Waals surface area (Å²) >= 11 is 0. The van der Waals surface area contributed by atoms with E-state index < -0.39 is 11.4 Å². The fraction of sp³-hybridized carbons (Fsp3) is 0.871. The molecule has 0 unspecified atom stereocenters. The first kappa shape index (κ1) is 25.5. The molecule has 0 amide bonds. The van der Waals surface area contributed by atoms with Crippen LogP contribution >= 0.6 is 0 Å². The number of rotatable bonds is 1. The molecule has 0 aromatic heterocycles. The number of fused-ring (bicyclic) bond motifs is 7. The molecule has 4 fully saturated rings. The minimum atomic E-state index is -0.537. The molecule has 5 aliphatic carbocycles. The lowest BCUT2D eigenvalue weighted by atomic mass is 9.34. The van der Waals surface area contributed by atoms with Gasteiger partial charge in [-0.3, -0.25) is 9.59 Å². The van der Waals surface area contributed by atoms with Gasteiger partial charge in [0.25, 0.3) is 0 Å². The Balaban J connectivity index is 1.57. The van der Waals surface area contributed by atoms with Gasteiger partial charge in [-0.1, -0.05) is 53.2 Å². The van der Waals surface area contributed by atoms with E-state index in [9.17, 15) is 14.7 Å².